The van der Waals surface area contributed by atoms with E-state index in [1.807, 2.05) is 72.7 Å². The molecule has 4 rings (SSSR count). The molecule has 3 heterocycles. The number of nitrogens with zero attached hydrogens (tertiary/aromatic N) is 5. The Hall–Kier alpha value is -3.48. The highest BCUT2D eigenvalue weighted by Crippen LogP contribution is 2.22. The normalized spacial score (nSPS) is 12.4. The van der Waals surface area contributed by atoms with Gasteiger partial charge in [-0.15, -0.1) is 0 Å². The van der Waals surface area contributed by atoms with Crippen molar-refractivity contribution in [2.24, 2.45) is 7.05 Å². The summed E-state index contributed by atoms with van der Waals surface area (Å²) < 4.78 is 3.75. The topological polar surface area (TPSA) is 77.6 Å². The molecule has 1 unspecified atom stereocenters. The van der Waals surface area contributed by atoms with Gasteiger partial charge in [-0.2, -0.15) is 5.10 Å². The summed E-state index contributed by atoms with van der Waals surface area (Å²) in [4.78, 5) is 21.9. The standard InChI is InChI=1S/C21H22N6O/c1-14(2)27-19-16(13-24-27)11-17(12-23-19)21(28)25-18(15-7-5-4-6-8-15)20-22-9-10-26(20)3/h4-14,18H,1-3H3,(H,25,28). The van der Waals surface area contributed by atoms with Crippen molar-refractivity contribution in [1.29, 1.82) is 0 Å². The number of benzene rings is 1. The largest absolute Gasteiger partial charge is 0.338 e. The Labute approximate surface area is 163 Å². The van der Waals surface area contributed by atoms with Gasteiger partial charge in [0.05, 0.1) is 11.8 Å². The van der Waals surface area contributed by atoms with Crippen LogP contribution in [0.25, 0.3) is 11.0 Å². The number of hydrogen-bond donors (Lipinski definition) is 1. The third-order valence-corrected chi connectivity index (χ3v) is 4.71. The average molecular weight is 374 g/mol. The molecule has 28 heavy (non-hydrogen) atoms. The molecule has 1 N–H and O–H groups in total. The lowest BCUT2D eigenvalue weighted by Gasteiger charge is -2.19. The molecule has 1 atom stereocenters. The minimum absolute atomic E-state index is 0.204. The van der Waals surface area contributed by atoms with Gasteiger partial charge >= 0.3 is 0 Å². The van der Waals surface area contributed by atoms with Crippen LogP contribution in [0, 0.1) is 0 Å². The fraction of sp³-hybridized carbons (Fsp3) is 0.238. The molecule has 0 aliphatic rings. The van der Waals surface area contributed by atoms with Gasteiger partial charge in [0.2, 0.25) is 0 Å². The number of rotatable bonds is 5. The first-order valence-corrected chi connectivity index (χ1v) is 9.21. The van der Waals surface area contributed by atoms with Crippen molar-refractivity contribution in [3.8, 4) is 0 Å². The van der Waals surface area contributed by atoms with E-state index in [1.54, 1.807) is 18.6 Å². The van der Waals surface area contributed by atoms with E-state index in [0.717, 1.165) is 22.4 Å². The smallest absolute Gasteiger partial charge is 0.253 e. The first-order chi connectivity index (χ1) is 13.5. The van der Waals surface area contributed by atoms with Gasteiger partial charge in [0, 0.05) is 37.1 Å². The van der Waals surface area contributed by atoms with Crippen LogP contribution < -0.4 is 5.32 Å². The van der Waals surface area contributed by atoms with Crippen LogP contribution in [0.3, 0.4) is 0 Å². The van der Waals surface area contributed by atoms with Crippen LogP contribution in [0.5, 0.6) is 0 Å². The van der Waals surface area contributed by atoms with Gasteiger partial charge < -0.3 is 9.88 Å². The highest BCUT2D eigenvalue weighted by Gasteiger charge is 2.22. The Balaban J connectivity index is 1.66. The first kappa shape index (κ1) is 17.9. The highest BCUT2D eigenvalue weighted by atomic mass is 16.1. The summed E-state index contributed by atoms with van der Waals surface area (Å²) >= 11 is 0. The highest BCUT2D eigenvalue weighted by molar-refractivity contribution is 5.97. The fourth-order valence-corrected chi connectivity index (χ4v) is 3.25. The van der Waals surface area contributed by atoms with E-state index >= 15 is 0 Å². The molecular formula is C21H22N6O. The molecule has 0 fully saturated rings. The molecule has 1 aromatic carbocycles. The number of imidazole rings is 1. The molecule has 0 aliphatic carbocycles. The Morgan fingerprint density at radius 3 is 2.57 bits per heavy atom. The predicted octanol–water partition coefficient (Wildman–Crippen LogP) is 3.27. The Morgan fingerprint density at radius 1 is 1.11 bits per heavy atom. The number of pyridine rings is 1. The molecule has 7 nitrogen and oxygen atoms in total. The summed E-state index contributed by atoms with van der Waals surface area (Å²) in [6.07, 6.45) is 6.93. The predicted molar refractivity (Wildman–Crippen MR) is 107 cm³/mol. The summed E-state index contributed by atoms with van der Waals surface area (Å²) in [6, 6.07) is 11.5. The lowest BCUT2D eigenvalue weighted by atomic mass is 10.1. The average Bonchev–Trinajstić information content (AvgIpc) is 3.32. The van der Waals surface area contributed by atoms with E-state index in [1.165, 1.54) is 0 Å². The molecule has 4 aromatic rings. The van der Waals surface area contributed by atoms with Crippen LogP contribution in [0.4, 0.5) is 0 Å². The number of aryl methyl sites for hydroxylation is 1. The minimum Gasteiger partial charge on any atom is -0.338 e. The van der Waals surface area contributed by atoms with Gasteiger partial charge in [0.25, 0.3) is 5.91 Å². The monoisotopic (exact) mass is 374 g/mol. The van der Waals surface area contributed by atoms with E-state index in [-0.39, 0.29) is 18.0 Å². The maximum absolute atomic E-state index is 13.0. The number of hydrogen-bond acceptors (Lipinski definition) is 4. The molecule has 0 bridgehead atoms. The summed E-state index contributed by atoms with van der Waals surface area (Å²) in [5.74, 6) is 0.560. The summed E-state index contributed by atoms with van der Waals surface area (Å²) in [7, 11) is 1.92. The maximum Gasteiger partial charge on any atom is 0.253 e. The number of fused-ring (bicyclic) bond motifs is 1. The molecule has 0 saturated carbocycles. The number of carbonyl (C=O) groups is 1. The molecule has 0 spiro atoms. The van der Waals surface area contributed by atoms with E-state index in [4.69, 9.17) is 0 Å². The molecule has 0 radical (unpaired) electrons. The molecule has 7 heteroatoms. The van der Waals surface area contributed by atoms with Gasteiger partial charge in [0.1, 0.15) is 11.9 Å². The van der Waals surface area contributed by atoms with Crippen LogP contribution in [-0.2, 0) is 7.05 Å². The van der Waals surface area contributed by atoms with Crippen LogP contribution in [0.2, 0.25) is 0 Å². The van der Waals surface area contributed by atoms with Crippen LogP contribution in [-0.4, -0.2) is 30.2 Å². The van der Waals surface area contributed by atoms with Crippen molar-refractivity contribution in [2.45, 2.75) is 25.9 Å². The van der Waals surface area contributed by atoms with E-state index < -0.39 is 0 Å². The van der Waals surface area contributed by atoms with Crippen molar-refractivity contribution in [3.05, 3.63) is 78.1 Å². The Morgan fingerprint density at radius 2 is 1.89 bits per heavy atom. The van der Waals surface area contributed by atoms with Gasteiger partial charge in [-0.1, -0.05) is 30.3 Å². The Bertz CT molecular complexity index is 1110. The molecular weight excluding hydrogens is 352 g/mol. The van der Waals surface area contributed by atoms with Gasteiger partial charge in [-0.25, -0.2) is 14.6 Å². The van der Waals surface area contributed by atoms with Crippen molar-refractivity contribution >= 4 is 16.9 Å². The molecule has 142 valence electrons. The lowest BCUT2D eigenvalue weighted by Crippen LogP contribution is -2.31. The number of carbonyl (C=O) groups excluding carboxylic acids is 1. The van der Waals surface area contributed by atoms with Crippen LogP contribution in [0.15, 0.2) is 61.2 Å². The fourth-order valence-electron chi connectivity index (χ4n) is 3.25. The zero-order valence-corrected chi connectivity index (χ0v) is 16.1. The van der Waals surface area contributed by atoms with Gasteiger partial charge in [-0.3, -0.25) is 4.79 Å². The summed E-state index contributed by atoms with van der Waals surface area (Å²) in [5, 5.41) is 8.30. The zero-order chi connectivity index (χ0) is 19.7. The molecule has 3 aromatic heterocycles. The van der Waals surface area contributed by atoms with Gasteiger partial charge in [0.15, 0.2) is 5.65 Å². The second-order valence-corrected chi connectivity index (χ2v) is 7.03. The molecule has 1 amide bonds. The van der Waals surface area contributed by atoms with Crippen molar-refractivity contribution in [3.63, 3.8) is 0 Å². The minimum atomic E-state index is -0.359. The summed E-state index contributed by atoms with van der Waals surface area (Å²) in [6.45, 7) is 4.10. The third kappa shape index (κ3) is 3.26. The quantitative estimate of drug-likeness (QED) is 0.582. The van der Waals surface area contributed by atoms with Gasteiger partial charge in [-0.05, 0) is 25.5 Å². The SMILES string of the molecule is CC(C)n1ncc2cc(C(=O)NC(c3ccccc3)c3nccn3C)cnc21. The van der Waals surface area contributed by atoms with Crippen LogP contribution in [0.1, 0.15) is 47.7 Å². The number of nitrogens with one attached hydrogen (secondary N) is 1. The molecule has 0 saturated heterocycles. The van der Waals surface area contributed by atoms with E-state index in [2.05, 4.69) is 20.4 Å². The molecule has 0 aliphatic heterocycles. The van der Waals surface area contributed by atoms with E-state index in [0.29, 0.717) is 5.56 Å². The van der Waals surface area contributed by atoms with Crippen molar-refractivity contribution in [1.82, 2.24) is 29.6 Å². The number of amides is 1. The van der Waals surface area contributed by atoms with Crippen molar-refractivity contribution in [2.75, 3.05) is 0 Å². The van der Waals surface area contributed by atoms with Crippen LogP contribution >= 0.6 is 0 Å². The maximum atomic E-state index is 13.0. The first-order valence-electron chi connectivity index (χ1n) is 9.21. The second-order valence-electron chi connectivity index (χ2n) is 7.03. The lowest BCUT2D eigenvalue weighted by molar-refractivity contribution is 0.0941. The van der Waals surface area contributed by atoms with Crippen molar-refractivity contribution < 1.29 is 4.79 Å². The summed E-state index contributed by atoms with van der Waals surface area (Å²) in [5.41, 5.74) is 2.23. The number of aromatic nitrogens is 5. The zero-order valence-electron chi connectivity index (χ0n) is 16.1. The van der Waals surface area contributed by atoms with E-state index in [9.17, 15) is 4.79 Å². The third-order valence-electron chi connectivity index (χ3n) is 4.71. The Kier molecular flexibility index (Phi) is 4.65. The second kappa shape index (κ2) is 7.26.